The zero-order valence-electron chi connectivity index (χ0n) is 9.90. The molecule has 0 aliphatic heterocycles. The molecule has 0 fully saturated rings. The van der Waals surface area contributed by atoms with Gasteiger partial charge in [-0.15, -0.1) is 0 Å². The lowest BCUT2D eigenvalue weighted by Crippen LogP contribution is -2.40. The molecule has 2 unspecified atom stereocenters. The molecule has 0 aromatic heterocycles. The molecule has 0 bridgehead atoms. The van der Waals surface area contributed by atoms with Gasteiger partial charge in [0.25, 0.3) is 0 Å². The van der Waals surface area contributed by atoms with Crippen LogP contribution in [-0.2, 0) is 4.79 Å². The molecule has 0 aliphatic carbocycles. The summed E-state index contributed by atoms with van der Waals surface area (Å²) in [7, 11) is 1.73. The normalized spacial score (nSPS) is 15.9. The van der Waals surface area contributed by atoms with Crippen molar-refractivity contribution in [1.82, 2.24) is 4.90 Å². The number of nitrogens with two attached hydrogens (primary N) is 1. The quantitative estimate of drug-likeness (QED) is 0.309. The van der Waals surface area contributed by atoms with Gasteiger partial charge in [-0.3, -0.25) is 4.79 Å². The summed E-state index contributed by atoms with van der Waals surface area (Å²) in [5.74, 6) is -0.274. The SMILES string of the molecule is CCC(C)CN(C)C(=O)C(C)C(N)=NO. The van der Waals surface area contributed by atoms with Crippen LogP contribution in [0.1, 0.15) is 27.2 Å². The minimum Gasteiger partial charge on any atom is -0.409 e. The maximum atomic E-state index is 11.7. The summed E-state index contributed by atoms with van der Waals surface area (Å²) in [6, 6.07) is 0. The maximum absolute atomic E-state index is 11.7. The number of oxime groups is 1. The van der Waals surface area contributed by atoms with E-state index >= 15 is 0 Å². The van der Waals surface area contributed by atoms with Gasteiger partial charge in [0, 0.05) is 13.6 Å². The van der Waals surface area contributed by atoms with Crippen molar-refractivity contribution in [1.29, 1.82) is 0 Å². The van der Waals surface area contributed by atoms with E-state index in [0.29, 0.717) is 12.5 Å². The van der Waals surface area contributed by atoms with Crippen molar-refractivity contribution in [2.45, 2.75) is 27.2 Å². The third-order valence-electron chi connectivity index (χ3n) is 2.59. The van der Waals surface area contributed by atoms with Gasteiger partial charge in [-0.25, -0.2) is 0 Å². The zero-order valence-corrected chi connectivity index (χ0v) is 9.90. The Kier molecular flexibility index (Phi) is 5.74. The van der Waals surface area contributed by atoms with Crippen LogP contribution < -0.4 is 5.73 Å². The van der Waals surface area contributed by atoms with Gasteiger partial charge >= 0.3 is 0 Å². The van der Waals surface area contributed by atoms with Gasteiger partial charge < -0.3 is 15.8 Å². The van der Waals surface area contributed by atoms with Crippen molar-refractivity contribution in [3.8, 4) is 0 Å². The van der Waals surface area contributed by atoms with E-state index in [0.717, 1.165) is 6.42 Å². The summed E-state index contributed by atoms with van der Waals surface area (Å²) in [4.78, 5) is 13.4. The van der Waals surface area contributed by atoms with Crippen molar-refractivity contribution in [2.24, 2.45) is 22.7 Å². The number of nitrogens with zero attached hydrogens (tertiary/aromatic N) is 2. The average molecular weight is 215 g/mol. The summed E-state index contributed by atoms with van der Waals surface area (Å²) in [5.41, 5.74) is 5.37. The fourth-order valence-corrected chi connectivity index (χ4v) is 1.23. The highest BCUT2D eigenvalue weighted by Crippen LogP contribution is 2.07. The Labute approximate surface area is 90.9 Å². The van der Waals surface area contributed by atoms with Crippen LogP contribution in [0.2, 0.25) is 0 Å². The van der Waals surface area contributed by atoms with Crippen LogP contribution in [0.5, 0.6) is 0 Å². The maximum Gasteiger partial charge on any atom is 0.232 e. The first-order valence-corrected chi connectivity index (χ1v) is 5.16. The first-order chi connectivity index (χ1) is 6.93. The number of amidine groups is 1. The van der Waals surface area contributed by atoms with Crippen LogP contribution in [0, 0.1) is 11.8 Å². The highest BCUT2D eigenvalue weighted by molar-refractivity contribution is 6.01. The van der Waals surface area contributed by atoms with Gasteiger partial charge in [0.1, 0.15) is 0 Å². The predicted octanol–water partition coefficient (Wildman–Crippen LogP) is 0.873. The molecule has 5 nitrogen and oxygen atoms in total. The van der Waals surface area contributed by atoms with Crippen molar-refractivity contribution >= 4 is 11.7 Å². The van der Waals surface area contributed by atoms with E-state index in [1.165, 1.54) is 0 Å². The lowest BCUT2D eigenvalue weighted by Gasteiger charge is -2.23. The second kappa shape index (κ2) is 6.27. The number of rotatable bonds is 5. The molecule has 0 rings (SSSR count). The molecular formula is C10H21N3O2. The summed E-state index contributed by atoms with van der Waals surface area (Å²) >= 11 is 0. The molecule has 0 aromatic rings. The molecule has 0 heterocycles. The number of carbonyl (C=O) groups excluding carboxylic acids is 1. The lowest BCUT2D eigenvalue weighted by atomic mass is 10.1. The fourth-order valence-electron chi connectivity index (χ4n) is 1.23. The van der Waals surface area contributed by atoms with Crippen LogP contribution in [-0.4, -0.2) is 35.4 Å². The smallest absolute Gasteiger partial charge is 0.232 e. The van der Waals surface area contributed by atoms with Crippen LogP contribution in [0.25, 0.3) is 0 Å². The van der Waals surface area contributed by atoms with Crippen LogP contribution in [0.15, 0.2) is 5.16 Å². The van der Waals surface area contributed by atoms with E-state index in [4.69, 9.17) is 10.9 Å². The molecule has 3 N–H and O–H groups in total. The predicted molar refractivity (Wildman–Crippen MR) is 59.7 cm³/mol. The second-order valence-corrected chi connectivity index (χ2v) is 3.98. The minimum atomic E-state index is -0.566. The van der Waals surface area contributed by atoms with E-state index in [-0.39, 0.29) is 11.7 Å². The Balaban J connectivity index is 4.32. The Bertz CT molecular complexity index is 241. The minimum absolute atomic E-state index is 0.0454. The molecule has 0 aromatic carbocycles. The molecule has 0 aliphatic rings. The Morgan fingerprint density at radius 3 is 2.47 bits per heavy atom. The third kappa shape index (κ3) is 4.18. The second-order valence-electron chi connectivity index (χ2n) is 3.98. The Hall–Kier alpha value is -1.26. The molecule has 0 saturated carbocycles. The highest BCUT2D eigenvalue weighted by atomic mass is 16.4. The Morgan fingerprint density at radius 2 is 2.07 bits per heavy atom. The molecule has 0 saturated heterocycles. The first-order valence-electron chi connectivity index (χ1n) is 5.16. The number of hydrogen-bond acceptors (Lipinski definition) is 3. The summed E-state index contributed by atoms with van der Waals surface area (Å²) in [6.45, 7) is 6.48. The average Bonchev–Trinajstić information content (AvgIpc) is 2.25. The van der Waals surface area contributed by atoms with Gasteiger partial charge in [-0.1, -0.05) is 25.4 Å². The van der Waals surface area contributed by atoms with Crippen LogP contribution >= 0.6 is 0 Å². The molecule has 0 spiro atoms. The molecule has 88 valence electrons. The van der Waals surface area contributed by atoms with E-state index in [2.05, 4.69) is 19.0 Å². The summed E-state index contributed by atoms with van der Waals surface area (Å²) in [6.07, 6.45) is 1.02. The van der Waals surface area contributed by atoms with Gasteiger partial charge in [-0.05, 0) is 12.8 Å². The molecular weight excluding hydrogens is 194 g/mol. The third-order valence-corrected chi connectivity index (χ3v) is 2.59. The molecule has 15 heavy (non-hydrogen) atoms. The number of amides is 1. The number of hydrogen-bond donors (Lipinski definition) is 2. The highest BCUT2D eigenvalue weighted by Gasteiger charge is 2.21. The van der Waals surface area contributed by atoms with Crippen LogP contribution in [0.4, 0.5) is 0 Å². The summed E-state index contributed by atoms with van der Waals surface area (Å²) < 4.78 is 0. The zero-order chi connectivity index (χ0) is 12.0. The van der Waals surface area contributed by atoms with Crippen molar-refractivity contribution in [3.63, 3.8) is 0 Å². The molecule has 0 radical (unpaired) electrons. The fraction of sp³-hybridized carbons (Fsp3) is 0.800. The van der Waals surface area contributed by atoms with Gasteiger partial charge in [-0.2, -0.15) is 0 Å². The molecule has 2 atom stereocenters. The van der Waals surface area contributed by atoms with Gasteiger partial charge in [0.15, 0.2) is 5.84 Å². The lowest BCUT2D eigenvalue weighted by molar-refractivity contribution is -0.132. The summed E-state index contributed by atoms with van der Waals surface area (Å²) in [5, 5.41) is 11.3. The van der Waals surface area contributed by atoms with Gasteiger partial charge in [0.05, 0.1) is 5.92 Å². The van der Waals surface area contributed by atoms with Crippen molar-refractivity contribution in [2.75, 3.05) is 13.6 Å². The topological polar surface area (TPSA) is 78.9 Å². The standard InChI is InChI=1S/C10H21N3O2/c1-5-7(2)6-13(4)10(14)8(3)9(11)12-15/h7-8,15H,5-6H2,1-4H3,(H2,11,12). The Morgan fingerprint density at radius 1 is 1.53 bits per heavy atom. The van der Waals surface area contributed by atoms with Gasteiger partial charge in [0.2, 0.25) is 5.91 Å². The van der Waals surface area contributed by atoms with Crippen molar-refractivity contribution < 1.29 is 10.0 Å². The van der Waals surface area contributed by atoms with E-state index in [9.17, 15) is 4.79 Å². The van der Waals surface area contributed by atoms with E-state index in [1.54, 1.807) is 18.9 Å². The molecule has 5 heteroatoms. The molecule has 1 amide bonds. The van der Waals surface area contributed by atoms with Crippen LogP contribution in [0.3, 0.4) is 0 Å². The van der Waals surface area contributed by atoms with E-state index in [1.807, 2.05) is 0 Å². The van der Waals surface area contributed by atoms with E-state index < -0.39 is 5.92 Å². The largest absolute Gasteiger partial charge is 0.409 e. The number of carbonyl (C=O) groups is 1. The monoisotopic (exact) mass is 215 g/mol. The van der Waals surface area contributed by atoms with Crippen molar-refractivity contribution in [3.05, 3.63) is 0 Å². The first kappa shape index (κ1) is 13.7.